The van der Waals surface area contributed by atoms with Crippen molar-refractivity contribution in [3.05, 3.63) is 84.4 Å². The van der Waals surface area contributed by atoms with Crippen LogP contribution in [-0.4, -0.2) is 21.0 Å². The predicted octanol–water partition coefficient (Wildman–Crippen LogP) is 5.17. The Hall–Kier alpha value is -2.98. The molecule has 0 aliphatic carbocycles. The summed E-state index contributed by atoms with van der Waals surface area (Å²) in [5, 5.41) is 3.75. The second kappa shape index (κ2) is 7.21. The van der Waals surface area contributed by atoms with Gasteiger partial charge in [-0.1, -0.05) is 60.7 Å². The molecule has 3 aliphatic rings. The molecule has 140 valence electrons. The summed E-state index contributed by atoms with van der Waals surface area (Å²) < 4.78 is 0. The third-order valence-electron chi connectivity index (χ3n) is 5.75. The van der Waals surface area contributed by atoms with Gasteiger partial charge in [-0.25, -0.2) is 4.98 Å². The van der Waals surface area contributed by atoms with Crippen molar-refractivity contribution >= 4 is 0 Å². The summed E-state index contributed by atoms with van der Waals surface area (Å²) in [6, 6.07) is 21.9. The number of rotatable bonds is 3. The highest BCUT2D eigenvalue weighted by Crippen LogP contribution is 2.37. The zero-order chi connectivity index (χ0) is 18.9. The fourth-order valence-electron chi connectivity index (χ4n) is 4.39. The third kappa shape index (κ3) is 3.20. The average molecular weight is 368 g/mol. The fraction of sp³-hybridized carbons (Fsp3) is 0.250. The van der Waals surface area contributed by atoms with Gasteiger partial charge in [-0.05, 0) is 30.9 Å². The highest BCUT2D eigenvalue weighted by Gasteiger charge is 2.30. The van der Waals surface area contributed by atoms with Crippen LogP contribution in [0.5, 0.6) is 0 Å². The topological polar surface area (TPSA) is 53.6 Å². The highest BCUT2D eigenvalue weighted by atomic mass is 15.0. The Balaban J connectivity index is 1.49. The lowest BCUT2D eigenvalue weighted by atomic mass is 9.85. The summed E-state index contributed by atoms with van der Waals surface area (Å²) in [7, 11) is 0. The minimum absolute atomic E-state index is 0.354. The summed E-state index contributed by atoms with van der Waals surface area (Å²) in [5.41, 5.74) is 5.67. The van der Waals surface area contributed by atoms with Gasteiger partial charge in [0.25, 0.3) is 0 Å². The van der Waals surface area contributed by atoms with Gasteiger partial charge in [0.1, 0.15) is 11.5 Å². The lowest BCUT2D eigenvalue weighted by molar-refractivity contribution is 0.299. The first-order chi connectivity index (χ1) is 13.8. The van der Waals surface area contributed by atoms with Crippen LogP contribution >= 0.6 is 0 Å². The maximum atomic E-state index is 4.75. The summed E-state index contributed by atoms with van der Waals surface area (Å²) in [6.07, 6.45) is 5.98. The molecular formula is C24H24N4. The number of fused-ring (bicyclic) bond motifs is 1. The normalized spacial score (nSPS) is 22.4. The monoisotopic (exact) mass is 368 g/mol. The maximum absolute atomic E-state index is 4.75. The molecule has 0 radical (unpaired) electrons. The van der Waals surface area contributed by atoms with E-state index in [1.807, 2.05) is 18.5 Å². The molecule has 0 bridgehead atoms. The van der Waals surface area contributed by atoms with Crippen molar-refractivity contribution in [2.75, 3.05) is 0 Å². The second-order valence-corrected chi connectivity index (χ2v) is 7.77. The van der Waals surface area contributed by atoms with Gasteiger partial charge >= 0.3 is 0 Å². The SMILES string of the molecule is CC1CC(c2ncc3ncc(-c4ccccc4)c-3[nH]2)CC(c2ccccc2)N1. The number of aromatic nitrogens is 3. The van der Waals surface area contributed by atoms with Crippen molar-refractivity contribution in [3.8, 4) is 22.5 Å². The van der Waals surface area contributed by atoms with Crippen LogP contribution in [-0.2, 0) is 0 Å². The van der Waals surface area contributed by atoms with Crippen molar-refractivity contribution in [1.82, 2.24) is 20.3 Å². The number of benzene rings is 2. The molecule has 3 heterocycles. The minimum atomic E-state index is 0.354. The molecule has 0 saturated carbocycles. The maximum Gasteiger partial charge on any atom is 0.109 e. The lowest BCUT2D eigenvalue weighted by Gasteiger charge is -2.34. The van der Waals surface area contributed by atoms with E-state index in [9.17, 15) is 0 Å². The number of nitrogens with zero attached hydrogens (tertiary/aromatic N) is 2. The van der Waals surface area contributed by atoms with Gasteiger partial charge in [0.15, 0.2) is 0 Å². The number of hydrogen-bond donors (Lipinski definition) is 2. The van der Waals surface area contributed by atoms with E-state index in [4.69, 9.17) is 4.98 Å². The number of H-pyrrole nitrogens is 1. The molecule has 4 nitrogen and oxygen atoms in total. The number of hydrogen-bond acceptors (Lipinski definition) is 3. The van der Waals surface area contributed by atoms with E-state index in [0.29, 0.717) is 18.0 Å². The Bertz CT molecular complexity index is 1020. The molecule has 2 aromatic rings. The van der Waals surface area contributed by atoms with Crippen molar-refractivity contribution in [2.45, 2.75) is 37.8 Å². The van der Waals surface area contributed by atoms with E-state index in [0.717, 1.165) is 35.6 Å². The lowest BCUT2D eigenvalue weighted by Crippen LogP contribution is -2.38. The molecule has 3 unspecified atom stereocenters. The van der Waals surface area contributed by atoms with Gasteiger partial charge in [-0.3, -0.25) is 4.98 Å². The largest absolute Gasteiger partial charge is 0.341 e. The highest BCUT2D eigenvalue weighted by molar-refractivity contribution is 5.80. The van der Waals surface area contributed by atoms with Crippen LogP contribution in [0.4, 0.5) is 0 Å². The van der Waals surface area contributed by atoms with Crippen LogP contribution < -0.4 is 5.32 Å². The third-order valence-corrected chi connectivity index (χ3v) is 5.75. The zero-order valence-electron chi connectivity index (χ0n) is 16.0. The van der Waals surface area contributed by atoms with Crippen molar-refractivity contribution < 1.29 is 0 Å². The smallest absolute Gasteiger partial charge is 0.109 e. The molecule has 1 fully saturated rings. The summed E-state index contributed by atoms with van der Waals surface area (Å²) >= 11 is 0. The van der Waals surface area contributed by atoms with Crippen LogP contribution in [0.1, 0.15) is 43.1 Å². The Labute approximate surface area is 165 Å². The van der Waals surface area contributed by atoms with E-state index in [1.54, 1.807) is 0 Å². The van der Waals surface area contributed by atoms with E-state index >= 15 is 0 Å². The van der Waals surface area contributed by atoms with Crippen molar-refractivity contribution in [1.29, 1.82) is 0 Å². The predicted molar refractivity (Wildman–Crippen MR) is 112 cm³/mol. The van der Waals surface area contributed by atoms with Crippen LogP contribution in [0.3, 0.4) is 0 Å². The minimum Gasteiger partial charge on any atom is -0.341 e. The molecule has 3 atom stereocenters. The van der Waals surface area contributed by atoms with Gasteiger partial charge in [-0.15, -0.1) is 0 Å². The molecule has 3 aliphatic heterocycles. The Morgan fingerprint density at radius 3 is 2.39 bits per heavy atom. The molecule has 1 saturated heterocycles. The van der Waals surface area contributed by atoms with Crippen LogP contribution in [0.15, 0.2) is 73.1 Å². The number of aromatic amines is 1. The molecule has 0 spiro atoms. The number of piperidine rings is 1. The summed E-state index contributed by atoms with van der Waals surface area (Å²) in [4.78, 5) is 12.9. The zero-order valence-corrected chi connectivity index (χ0v) is 16.0. The Morgan fingerprint density at radius 1 is 0.857 bits per heavy atom. The molecular weight excluding hydrogens is 344 g/mol. The molecule has 28 heavy (non-hydrogen) atoms. The summed E-state index contributed by atoms with van der Waals surface area (Å²) in [6.45, 7) is 2.26. The van der Waals surface area contributed by atoms with Crippen molar-refractivity contribution in [3.63, 3.8) is 0 Å². The van der Waals surface area contributed by atoms with Gasteiger partial charge in [-0.2, -0.15) is 0 Å². The van der Waals surface area contributed by atoms with Gasteiger partial charge < -0.3 is 10.3 Å². The molecule has 4 heteroatoms. The van der Waals surface area contributed by atoms with E-state index in [2.05, 4.69) is 76.8 Å². The summed E-state index contributed by atoms with van der Waals surface area (Å²) in [5.74, 6) is 1.45. The first-order valence-corrected chi connectivity index (χ1v) is 9.98. The first kappa shape index (κ1) is 17.1. The molecule has 5 rings (SSSR count). The standard InChI is InChI=1S/C24H24N4/c1-16-12-19(13-21(27-16)18-10-6-3-7-11-18)24-26-15-22-23(28-24)20(14-25-22)17-8-4-2-5-9-17/h2-11,14-16,19,21,27H,12-13H2,1H3,(H,26,28). The van der Waals surface area contributed by atoms with E-state index < -0.39 is 0 Å². The number of nitrogens with one attached hydrogen (secondary N) is 2. The van der Waals surface area contributed by atoms with E-state index in [-0.39, 0.29) is 0 Å². The first-order valence-electron chi connectivity index (χ1n) is 9.98. The van der Waals surface area contributed by atoms with Crippen LogP contribution in [0, 0.1) is 0 Å². The Kier molecular flexibility index (Phi) is 4.41. The van der Waals surface area contributed by atoms with Gasteiger partial charge in [0.05, 0.1) is 11.9 Å². The average Bonchev–Trinajstić information content (AvgIpc) is 3.18. The second-order valence-electron chi connectivity index (χ2n) is 7.77. The van der Waals surface area contributed by atoms with Crippen molar-refractivity contribution in [2.24, 2.45) is 0 Å². The van der Waals surface area contributed by atoms with Crippen LogP contribution in [0.2, 0.25) is 0 Å². The Morgan fingerprint density at radius 2 is 1.61 bits per heavy atom. The van der Waals surface area contributed by atoms with Gasteiger partial charge in [0.2, 0.25) is 0 Å². The quantitative estimate of drug-likeness (QED) is 0.524. The molecule has 2 aromatic carbocycles. The fourth-order valence-corrected chi connectivity index (χ4v) is 4.39. The molecule has 0 aromatic heterocycles. The molecule has 0 amide bonds. The van der Waals surface area contributed by atoms with Gasteiger partial charge in [0, 0.05) is 29.8 Å². The molecule has 2 N–H and O–H groups in total. The van der Waals surface area contributed by atoms with Crippen LogP contribution in [0.25, 0.3) is 22.5 Å². The van der Waals surface area contributed by atoms with E-state index in [1.165, 1.54) is 11.1 Å².